The van der Waals surface area contributed by atoms with Crippen molar-refractivity contribution >= 4 is 35.8 Å². The molecular formula is C17H36IN5O2. The lowest BCUT2D eigenvalue weighted by molar-refractivity contribution is -0.122. The van der Waals surface area contributed by atoms with Crippen LogP contribution in [-0.2, 0) is 9.53 Å². The van der Waals surface area contributed by atoms with Gasteiger partial charge in [0.1, 0.15) is 0 Å². The summed E-state index contributed by atoms with van der Waals surface area (Å²) < 4.78 is 5.51. The van der Waals surface area contributed by atoms with Crippen LogP contribution in [0.1, 0.15) is 33.6 Å². The van der Waals surface area contributed by atoms with E-state index in [9.17, 15) is 4.79 Å². The van der Waals surface area contributed by atoms with Crippen molar-refractivity contribution in [3.8, 4) is 0 Å². The van der Waals surface area contributed by atoms with Gasteiger partial charge in [0.2, 0.25) is 5.91 Å². The molecule has 0 aromatic rings. The Bertz CT molecular complexity index is 443. The van der Waals surface area contributed by atoms with Gasteiger partial charge in [-0.2, -0.15) is 0 Å². The van der Waals surface area contributed by atoms with Crippen LogP contribution in [-0.4, -0.2) is 87.2 Å². The van der Waals surface area contributed by atoms with Crippen molar-refractivity contribution in [2.75, 3.05) is 54.5 Å². The molecule has 7 nitrogen and oxygen atoms in total. The van der Waals surface area contributed by atoms with E-state index in [2.05, 4.69) is 34.6 Å². The second kappa shape index (κ2) is 10.5. The molecule has 0 saturated carbocycles. The van der Waals surface area contributed by atoms with Gasteiger partial charge in [-0.1, -0.05) is 0 Å². The van der Waals surface area contributed by atoms with Gasteiger partial charge in [-0.3, -0.25) is 9.79 Å². The Kier molecular flexibility index (Phi) is 10.3. The molecule has 1 rings (SSSR count). The van der Waals surface area contributed by atoms with Crippen LogP contribution >= 0.6 is 24.0 Å². The zero-order chi connectivity index (χ0) is 18.4. The number of nitrogens with zero attached hydrogens (tertiary/aromatic N) is 3. The van der Waals surface area contributed by atoms with E-state index in [1.54, 1.807) is 7.05 Å². The van der Waals surface area contributed by atoms with E-state index < -0.39 is 0 Å². The van der Waals surface area contributed by atoms with Crippen LogP contribution in [0.15, 0.2) is 4.99 Å². The molecule has 2 N–H and O–H groups in total. The second-order valence-corrected chi connectivity index (χ2v) is 7.79. The molecule has 148 valence electrons. The van der Waals surface area contributed by atoms with Crippen molar-refractivity contribution in [1.82, 2.24) is 20.4 Å². The predicted octanol–water partition coefficient (Wildman–Crippen LogP) is 1.14. The van der Waals surface area contributed by atoms with Gasteiger partial charge in [-0.15, -0.1) is 24.0 Å². The summed E-state index contributed by atoms with van der Waals surface area (Å²) >= 11 is 0. The van der Waals surface area contributed by atoms with E-state index >= 15 is 0 Å². The first-order chi connectivity index (χ1) is 11.1. The quantitative estimate of drug-likeness (QED) is 0.359. The highest BCUT2D eigenvalue weighted by molar-refractivity contribution is 14.0. The summed E-state index contributed by atoms with van der Waals surface area (Å²) in [6, 6.07) is 0. The number of hydrogen-bond donors (Lipinski definition) is 2. The number of carbonyl (C=O) groups is 1. The molecule has 1 aliphatic rings. The Balaban J connectivity index is 0.00000576. The molecule has 0 aromatic heterocycles. The molecule has 1 fully saturated rings. The average Bonchev–Trinajstić information content (AvgIpc) is 2.46. The fourth-order valence-corrected chi connectivity index (χ4v) is 2.91. The van der Waals surface area contributed by atoms with Crippen LogP contribution < -0.4 is 10.6 Å². The van der Waals surface area contributed by atoms with Gasteiger partial charge in [-0.25, -0.2) is 0 Å². The first-order valence-electron chi connectivity index (χ1n) is 8.58. The highest BCUT2D eigenvalue weighted by Gasteiger charge is 2.35. The fourth-order valence-electron chi connectivity index (χ4n) is 2.91. The Hall–Kier alpha value is -0.610. The van der Waals surface area contributed by atoms with Crippen LogP contribution in [0.5, 0.6) is 0 Å². The second-order valence-electron chi connectivity index (χ2n) is 7.79. The van der Waals surface area contributed by atoms with Gasteiger partial charge < -0.3 is 25.2 Å². The van der Waals surface area contributed by atoms with Crippen LogP contribution in [0.3, 0.4) is 0 Å². The highest BCUT2D eigenvalue weighted by Crippen LogP contribution is 2.25. The number of aliphatic imine (C=N–C) groups is 1. The van der Waals surface area contributed by atoms with E-state index in [0.717, 1.165) is 38.6 Å². The van der Waals surface area contributed by atoms with Crippen molar-refractivity contribution in [3.63, 3.8) is 0 Å². The molecule has 0 bridgehead atoms. The molecule has 0 radical (unpaired) electrons. The molecule has 8 heteroatoms. The van der Waals surface area contributed by atoms with Crippen LogP contribution in [0, 0.1) is 0 Å². The molecule has 0 atom stereocenters. The van der Waals surface area contributed by atoms with Crippen molar-refractivity contribution < 1.29 is 9.53 Å². The minimum absolute atomic E-state index is 0. The number of carbonyl (C=O) groups excluding carboxylic acids is 1. The zero-order valence-corrected chi connectivity index (χ0v) is 19.1. The minimum atomic E-state index is -0.230. The molecule has 1 heterocycles. The van der Waals surface area contributed by atoms with Gasteiger partial charge in [0.25, 0.3) is 0 Å². The summed E-state index contributed by atoms with van der Waals surface area (Å²) in [7, 11) is 7.84. The molecule has 1 aliphatic heterocycles. The molecule has 0 aromatic carbocycles. The smallest absolute Gasteiger partial charge is 0.240 e. The summed E-state index contributed by atoms with van der Waals surface area (Å²) in [5.74, 6) is 0.716. The molecule has 25 heavy (non-hydrogen) atoms. The Morgan fingerprint density at radius 1 is 1.20 bits per heavy atom. The number of guanidine groups is 1. The molecule has 0 unspecified atom stereocenters. The van der Waals surface area contributed by atoms with Crippen molar-refractivity contribution in [2.45, 2.75) is 44.7 Å². The topological polar surface area (TPSA) is 69.2 Å². The average molecular weight is 469 g/mol. The van der Waals surface area contributed by atoms with E-state index in [1.807, 2.05) is 32.7 Å². The first-order valence-corrected chi connectivity index (χ1v) is 8.58. The Labute approximate surface area is 170 Å². The number of ether oxygens (including phenoxy) is 1. The first kappa shape index (κ1) is 24.4. The summed E-state index contributed by atoms with van der Waals surface area (Å²) in [6.45, 7) is 8.54. The molecule has 1 saturated heterocycles. The Morgan fingerprint density at radius 2 is 1.76 bits per heavy atom. The van der Waals surface area contributed by atoms with Crippen LogP contribution in [0.2, 0.25) is 0 Å². The number of nitrogens with one attached hydrogen (secondary N) is 2. The number of halogens is 1. The molecule has 0 aliphatic carbocycles. The van der Waals surface area contributed by atoms with Gasteiger partial charge in [0, 0.05) is 44.9 Å². The zero-order valence-electron chi connectivity index (χ0n) is 16.8. The van der Waals surface area contributed by atoms with Gasteiger partial charge >= 0.3 is 0 Å². The van der Waals surface area contributed by atoms with Crippen molar-refractivity contribution in [3.05, 3.63) is 0 Å². The van der Waals surface area contributed by atoms with Crippen LogP contribution in [0.25, 0.3) is 0 Å². The van der Waals surface area contributed by atoms with E-state index in [4.69, 9.17) is 4.74 Å². The number of rotatable bonds is 5. The van der Waals surface area contributed by atoms with E-state index in [-0.39, 0.29) is 47.5 Å². The van der Waals surface area contributed by atoms with Gasteiger partial charge in [0.15, 0.2) is 5.96 Å². The lowest BCUT2D eigenvalue weighted by atomic mass is 9.88. The third-order valence-corrected chi connectivity index (χ3v) is 4.42. The van der Waals surface area contributed by atoms with Crippen LogP contribution in [0.4, 0.5) is 0 Å². The molecule has 0 spiro atoms. The maximum Gasteiger partial charge on any atom is 0.240 e. The Morgan fingerprint density at radius 3 is 2.20 bits per heavy atom. The number of hydrogen-bond acceptors (Lipinski definition) is 4. The lowest BCUT2D eigenvalue weighted by Gasteiger charge is -2.43. The maximum absolute atomic E-state index is 12.1. The fraction of sp³-hybridized carbons (Fsp3) is 0.882. The third-order valence-electron chi connectivity index (χ3n) is 4.42. The summed E-state index contributed by atoms with van der Waals surface area (Å²) in [5.41, 5.74) is -0.172. The summed E-state index contributed by atoms with van der Waals surface area (Å²) in [4.78, 5) is 20.5. The monoisotopic (exact) mass is 469 g/mol. The highest BCUT2D eigenvalue weighted by atomic mass is 127. The third kappa shape index (κ3) is 8.08. The maximum atomic E-state index is 12.1. The minimum Gasteiger partial charge on any atom is -0.381 e. The standard InChI is InChI=1S/C17H35N5O2.HI/c1-16(2,3)20-14(23)12-22(7)15(18-4)19-13-17(21(5)6)8-10-24-11-9-17;/h8-13H2,1-7H3,(H,18,19)(H,20,23);1H. The van der Waals surface area contributed by atoms with Gasteiger partial charge in [0.05, 0.1) is 6.54 Å². The summed E-state index contributed by atoms with van der Waals surface area (Å²) in [6.07, 6.45) is 1.97. The largest absolute Gasteiger partial charge is 0.381 e. The summed E-state index contributed by atoms with van der Waals surface area (Å²) in [5, 5.41) is 6.40. The predicted molar refractivity (Wildman–Crippen MR) is 114 cm³/mol. The van der Waals surface area contributed by atoms with Crippen molar-refractivity contribution in [1.29, 1.82) is 0 Å². The molecule has 1 amide bonds. The molecular weight excluding hydrogens is 433 g/mol. The number of likely N-dealkylation sites (N-methyl/N-ethyl adjacent to an activating group) is 2. The SMILES string of the molecule is CN=C(NCC1(N(C)C)CCOCC1)N(C)CC(=O)NC(C)(C)C.I. The number of amides is 1. The lowest BCUT2D eigenvalue weighted by Crippen LogP contribution is -2.57. The normalized spacial score (nSPS) is 17.7. The van der Waals surface area contributed by atoms with E-state index in [0.29, 0.717) is 0 Å². The van der Waals surface area contributed by atoms with E-state index in [1.165, 1.54) is 0 Å². The van der Waals surface area contributed by atoms with Gasteiger partial charge in [-0.05, 0) is 47.7 Å². The van der Waals surface area contributed by atoms with Crippen molar-refractivity contribution in [2.24, 2.45) is 4.99 Å².